The second-order valence-corrected chi connectivity index (χ2v) is 7.40. The molecule has 0 unspecified atom stereocenters. The first-order valence-corrected chi connectivity index (χ1v) is 10.7. The van der Waals surface area contributed by atoms with Gasteiger partial charge in [0.05, 0.1) is 27.0 Å². The lowest BCUT2D eigenvalue weighted by Crippen LogP contribution is -2.34. The van der Waals surface area contributed by atoms with Gasteiger partial charge >= 0.3 is 0 Å². The average molecular weight is 482 g/mol. The van der Waals surface area contributed by atoms with E-state index >= 15 is 0 Å². The summed E-state index contributed by atoms with van der Waals surface area (Å²) >= 11 is 6.13. The van der Waals surface area contributed by atoms with Gasteiger partial charge in [-0.3, -0.25) is 9.59 Å². The second kappa shape index (κ2) is 12.3. The highest BCUT2D eigenvalue weighted by molar-refractivity contribution is 6.31. The summed E-state index contributed by atoms with van der Waals surface area (Å²) in [4.78, 5) is 24.2. The van der Waals surface area contributed by atoms with Gasteiger partial charge in [-0.15, -0.1) is 0 Å². The zero-order valence-corrected chi connectivity index (χ0v) is 19.5. The van der Waals surface area contributed by atoms with Crippen LogP contribution in [0, 0.1) is 0 Å². The fourth-order valence-electron chi connectivity index (χ4n) is 2.89. The molecule has 2 amide bonds. The number of nitrogens with one attached hydrogen (secondary N) is 2. The summed E-state index contributed by atoms with van der Waals surface area (Å²) in [6.07, 6.45) is 1.49. The van der Waals surface area contributed by atoms with Crippen LogP contribution < -0.4 is 25.0 Å². The summed E-state index contributed by atoms with van der Waals surface area (Å²) in [5.74, 6) is 0.715. The molecule has 3 aromatic carbocycles. The zero-order chi connectivity index (χ0) is 24.3. The molecule has 0 atom stereocenters. The van der Waals surface area contributed by atoms with Gasteiger partial charge in [-0.2, -0.15) is 5.10 Å². The molecule has 0 saturated heterocycles. The number of amides is 2. The summed E-state index contributed by atoms with van der Waals surface area (Å²) < 4.78 is 16.1. The Hall–Kier alpha value is -4.04. The molecule has 2 N–H and O–H groups in total. The van der Waals surface area contributed by atoms with Gasteiger partial charge in [0.25, 0.3) is 11.8 Å². The minimum absolute atomic E-state index is 0.237. The summed E-state index contributed by atoms with van der Waals surface area (Å²) in [6.45, 7) is 0.123. The van der Waals surface area contributed by atoms with Crippen molar-refractivity contribution in [3.05, 3.63) is 88.4 Å². The van der Waals surface area contributed by atoms with Crippen molar-refractivity contribution in [1.29, 1.82) is 0 Å². The average Bonchev–Trinajstić information content (AvgIpc) is 2.87. The molecule has 0 aliphatic carbocycles. The van der Waals surface area contributed by atoms with E-state index in [-0.39, 0.29) is 6.54 Å². The molecule has 3 aromatic rings. The lowest BCUT2D eigenvalue weighted by Gasteiger charge is -2.09. The molecule has 8 nitrogen and oxygen atoms in total. The van der Waals surface area contributed by atoms with Crippen molar-refractivity contribution in [2.75, 3.05) is 20.8 Å². The Morgan fingerprint density at radius 3 is 2.41 bits per heavy atom. The SMILES string of the molecule is COc1ccc(C(=O)NCC(=O)N/N=C\c2ccc(OCc3ccccc3Cl)cc2)cc1OC. The fourth-order valence-corrected chi connectivity index (χ4v) is 3.08. The molecular weight excluding hydrogens is 458 g/mol. The monoisotopic (exact) mass is 481 g/mol. The number of ether oxygens (including phenoxy) is 3. The zero-order valence-electron chi connectivity index (χ0n) is 18.7. The Morgan fingerprint density at radius 1 is 0.971 bits per heavy atom. The van der Waals surface area contributed by atoms with Crippen molar-refractivity contribution in [2.45, 2.75) is 6.61 Å². The van der Waals surface area contributed by atoms with Gasteiger partial charge in [0.15, 0.2) is 11.5 Å². The Balaban J connectivity index is 1.43. The van der Waals surface area contributed by atoms with E-state index < -0.39 is 11.8 Å². The largest absolute Gasteiger partial charge is 0.493 e. The highest BCUT2D eigenvalue weighted by Crippen LogP contribution is 2.27. The molecule has 176 valence electrons. The molecule has 0 aromatic heterocycles. The van der Waals surface area contributed by atoms with E-state index in [0.717, 1.165) is 11.1 Å². The first-order chi connectivity index (χ1) is 16.5. The Bertz CT molecular complexity index is 1170. The van der Waals surface area contributed by atoms with E-state index in [1.54, 1.807) is 36.4 Å². The third-order valence-electron chi connectivity index (χ3n) is 4.69. The Kier molecular flexibility index (Phi) is 8.88. The van der Waals surface area contributed by atoms with E-state index in [1.165, 1.54) is 26.5 Å². The van der Waals surface area contributed by atoms with Crippen LogP contribution in [-0.4, -0.2) is 38.8 Å². The summed E-state index contributed by atoms with van der Waals surface area (Å²) in [5.41, 5.74) is 4.37. The third kappa shape index (κ3) is 6.98. The number of hydrogen-bond donors (Lipinski definition) is 2. The highest BCUT2D eigenvalue weighted by Gasteiger charge is 2.11. The molecule has 0 fully saturated rings. The number of nitrogens with zero attached hydrogens (tertiary/aromatic N) is 1. The predicted molar refractivity (Wildman–Crippen MR) is 130 cm³/mol. The van der Waals surface area contributed by atoms with Crippen LogP contribution in [0.1, 0.15) is 21.5 Å². The van der Waals surface area contributed by atoms with E-state index in [0.29, 0.717) is 34.4 Å². The molecule has 0 saturated carbocycles. The van der Waals surface area contributed by atoms with Gasteiger partial charge in [-0.1, -0.05) is 29.8 Å². The maximum absolute atomic E-state index is 12.3. The van der Waals surface area contributed by atoms with Gasteiger partial charge in [0.2, 0.25) is 0 Å². The smallest absolute Gasteiger partial charge is 0.259 e. The standard InChI is InChI=1S/C25H24ClN3O5/c1-32-22-12-9-18(13-23(22)33-2)25(31)27-15-24(30)29-28-14-17-7-10-20(11-8-17)34-16-19-5-3-4-6-21(19)26/h3-14H,15-16H2,1-2H3,(H,27,31)(H,29,30)/b28-14-. The molecule has 3 rings (SSSR count). The molecule has 0 heterocycles. The van der Waals surface area contributed by atoms with Crippen molar-refractivity contribution in [2.24, 2.45) is 5.10 Å². The lowest BCUT2D eigenvalue weighted by molar-refractivity contribution is -0.120. The van der Waals surface area contributed by atoms with Crippen molar-refractivity contribution < 1.29 is 23.8 Å². The summed E-state index contributed by atoms with van der Waals surface area (Å²) in [7, 11) is 2.99. The quantitative estimate of drug-likeness (QED) is 0.339. The minimum atomic E-state index is -0.468. The van der Waals surface area contributed by atoms with Crippen LogP contribution in [-0.2, 0) is 11.4 Å². The van der Waals surface area contributed by atoms with E-state index in [2.05, 4.69) is 15.8 Å². The van der Waals surface area contributed by atoms with Crippen LogP contribution in [0.3, 0.4) is 0 Å². The topological polar surface area (TPSA) is 98.2 Å². The second-order valence-electron chi connectivity index (χ2n) is 6.99. The predicted octanol–water partition coefficient (Wildman–Crippen LogP) is 3.82. The van der Waals surface area contributed by atoms with E-state index in [9.17, 15) is 9.59 Å². The number of hydrazone groups is 1. The van der Waals surface area contributed by atoms with Gasteiger partial charge in [0.1, 0.15) is 12.4 Å². The van der Waals surface area contributed by atoms with Crippen LogP contribution in [0.25, 0.3) is 0 Å². The maximum Gasteiger partial charge on any atom is 0.259 e. The van der Waals surface area contributed by atoms with Gasteiger partial charge in [-0.05, 0) is 54.1 Å². The Morgan fingerprint density at radius 2 is 1.71 bits per heavy atom. The normalized spacial score (nSPS) is 10.6. The fraction of sp³-hybridized carbons (Fsp3) is 0.160. The van der Waals surface area contributed by atoms with Gasteiger partial charge < -0.3 is 19.5 Å². The maximum atomic E-state index is 12.3. The number of benzene rings is 3. The first kappa shape index (κ1) is 24.6. The van der Waals surface area contributed by atoms with Crippen molar-refractivity contribution in [1.82, 2.24) is 10.7 Å². The van der Waals surface area contributed by atoms with E-state index in [4.69, 9.17) is 25.8 Å². The van der Waals surface area contributed by atoms with Gasteiger partial charge in [-0.25, -0.2) is 5.43 Å². The number of halogens is 1. The lowest BCUT2D eigenvalue weighted by atomic mass is 10.2. The number of hydrogen-bond acceptors (Lipinski definition) is 6. The summed E-state index contributed by atoms with van der Waals surface area (Å²) in [6, 6.07) is 19.4. The third-order valence-corrected chi connectivity index (χ3v) is 5.06. The van der Waals surface area contributed by atoms with Gasteiger partial charge in [0, 0.05) is 16.1 Å². The van der Waals surface area contributed by atoms with Crippen LogP contribution in [0.5, 0.6) is 17.2 Å². The van der Waals surface area contributed by atoms with Crippen LogP contribution in [0.2, 0.25) is 5.02 Å². The molecule has 0 spiro atoms. The van der Waals surface area contributed by atoms with Crippen molar-refractivity contribution >= 4 is 29.6 Å². The molecule has 0 bridgehead atoms. The number of carbonyl (C=O) groups excluding carboxylic acids is 2. The number of rotatable bonds is 10. The van der Waals surface area contributed by atoms with Crippen LogP contribution in [0.4, 0.5) is 0 Å². The van der Waals surface area contributed by atoms with Crippen molar-refractivity contribution in [3.8, 4) is 17.2 Å². The molecule has 34 heavy (non-hydrogen) atoms. The summed E-state index contributed by atoms with van der Waals surface area (Å²) in [5, 5.41) is 7.09. The number of methoxy groups -OCH3 is 2. The minimum Gasteiger partial charge on any atom is -0.493 e. The molecule has 0 aliphatic heterocycles. The molecular formula is C25H24ClN3O5. The van der Waals surface area contributed by atoms with Crippen LogP contribution in [0.15, 0.2) is 71.8 Å². The molecule has 0 radical (unpaired) electrons. The first-order valence-electron chi connectivity index (χ1n) is 10.3. The van der Waals surface area contributed by atoms with E-state index in [1.807, 2.05) is 24.3 Å². The van der Waals surface area contributed by atoms with Crippen molar-refractivity contribution in [3.63, 3.8) is 0 Å². The Labute approximate surface area is 202 Å². The number of carbonyl (C=O) groups is 2. The molecule has 9 heteroatoms. The highest BCUT2D eigenvalue weighted by atomic mass is 35.5. The van der Waals surface area contributed by atoms with Crippen LogP contribution >= 0.6 is 11.6 Å². The molecule has 0 aliphatic rings.